The Morgan fingerprint density at radius 2 is 0.803 bits per heavy atom. The van der Waals surface area contributed by atoms with Crippen molar-refractivity contribution < 1.29 is 0 Å². The van der Waals surface area contributed by atoms with Crippen molar-refractivity contribution in [1.82, 2.24) is 4.57 Å². The van der Waals surface area contributed by atoms with Crippen molar-refractivity contribution in [2.45, 2.75) is 24.7 Å². The van der Waals surface area contributed by atoms with E-state index in [1.165, 1.54) is 94.3 Å². The van der Waals surface area contributed by atoms with Gasteiger partial charge in [0.25, 0.3) is 0 Å². The van der Waals surface area contributed by atoms with Gasteiger partial charge >= 0.3 is 0 Å². The number of anilines is 3. The Kier molecular flexibility index (Phi) is 8.51. The highest BCUT2D eigenvalue weighted by molar-refractivity contribution is 6.13. The molecule has 1 aliphatic carbocycles. The summed E-state index contributed by atoms with van der Waals surface area (Å²) in [4.78, 5) is 2.48. The van der Waals surface area contributed by atoms with Gasteiger partial charge in [0.1, 0.15) is 0 Å². The fourth-order valence-electron chi connectivity index (χ4n) is 11.6. The van der Waals surface area contributed by atoms with Gasteiger partial charge in [0.05, 0.1) is 27.8 Å². The number of rotatable bonds is 6. The predicted octanol–water partition coefficient (Wildman–Crippen LogP) is 16.6. The molecule has 0 radical (unpaired) electrons. The van der Waals surface area contributed by atoms with Gasteiger partial charge in [-0.15, -0.1) is 0 Å². The first kappa shape index (κ1) is 38.3. The molecule has 0 fully saturated rings. The van der Waals surface area contributed by atoms with Crippen molar-refractivity contribution in [3.8, 4) is 39.1 Å². The second-order valence-corrected chi connectivity index (χ2v) is 18.5. The maximum atomic E-state index is 2.50. The third kappa shape index (κ3) is 5.55. The zero-order valence-corrected chi connectivity index (χ0v) is 37.0. The summed E-state index contributed by atoms with van der Waals surface area (Å²) in [6.07, 6.45) is 0. The third-order valence-corrected chi connectivity index (χ3v) is 14.6. The fourth-order valence-corrected chi connectivity index (χ4v) is 11.6. The molecule has 0 saturated heterocycles. The van der Waals surface area contributed by atoms with E-state index in [4.69, 9.17) is 0 Å². The number of benzene rings is 10. The van der Waals surface area contributed by atoms with Gasteiger partial charge in [0.15, 0.2) is 0 Å². The van der Waals surface area contributed by atoms with Crippen LogP contribution < -0.4 is 4.90 Å². The van der Waals surface area contributed by atoms with Gasteiger partial charge in [-0.2, -0.15) is 0 Å². The molecule has 0 atom stereocenters. The number of nitrogens with zero attached hydrogens (tertiary/aromatic N) is 2. The summed E-state index contributed by atoms with van der Waals surface area (Å²) in [5, 5.41) is 2.51. The van der Waals surface area contributed by atoms with E-state index in [1.54, 1.807) is 0 Å². The summed E-state index contributed by atoms with van der Waals surface area (Å²) < 4.78 is 2.47. The number of hydrogen-bond acceptors (Lipinski definition) is 1. The minimum atomic E-state index is -0.659. The van der Waals surface area contributed by atoms with E-state index in [1.807, 2.05) is 0 Å². The molecule has 2 heteroatoms. The summed E-state index contributed by atoms with van der Waals surface area (Å²) in [5.41, 5.74) is 21.4. The van der Waals surface area contributed by atoms with Crippen molar-refractivity contribution in [3.63, 3.8) is 0 Å². The zero-order valence-electron chi connectivity index (χ0n) is 37.0. The predicted molar refractivity (Wildman–Crippen MR) is 276 cm³/mol. The van der Waals surface area contributed by atoms with Crippen molar-refractivity contribution in [2.24, 2.45) is 0 Å². The highest BCUT2D eigenvalue weighted by Crippen LogP contribution is 2.59. The Bertz CT molecular complexity index is 3600. The molecule has 11 aromatic rings. The van der Waals surface area contributed by atoms with Crippen LogP contribution in [0.4, 0.5) is 17.1 Å². The van der Waals surface area contributed by atoms with Gasteiger partial charge in [-0.05, 0) is 140 Å². The minimum Gasteiger partial charge on any atom is -0.310 e. The first-order valence-corrected chi connectivity index (χ1v) is 23.1. The molecule has 1 aliphatic heterocycles. The highest BCUT2D eigenvalue weighted by Gasteiger charge is 2.47. The van der Waals surface area contributed by atoms with E-state index < -0.39 is 5.41 Å². The second-order valence-electron chi connectivity index (χ2n) is 18.5. The highest BCUT2D eigenvalue weighted by atomic mass is 15.2. The molecule has 2 aliphatic rings. The monoisotopic (exact) mass is 842 g/mol. The molecule has 0 saturated carbocycles. The molecule has 66 heavy (non-hydrogen) atoms. The van der Waals surface area contributed by atoms with Gasteiger partial charge in [0, 0.05) is 27.6 Å². The lowest BCUT2D eigenvalue weighted by Gasteiger charge is -2.47. The van der Waals surface area contributed by atoms with E-state index in [-0.39, 0.29) is 5.41 Å². The Hall–Kier alpha value is -8.20. The Labute approximate surface area is 386 Å². The van der Waals surface area contributed by atoms with Crippen molar-refractivity contribution in [2.75, 3.05) is 4.90 Å². The number of fused-ring (bicyclic) bond motifs is 8. The molecule has 0 spiro atoms. The molecule has 0 amide bonds. The van der Waals surface area contributed by atoms with E-state index in [0.29, 0.717) is 0 Å². The average Bonchev–Trinajstić information content (AvgIpc) is 3.82. The lowest BCUT2D eigenvalue weighted by molar-refractivity contribution is 0.661. The summed E-state index contributed by atoms with van der Waals surface area (Å²) in [7, 11) is 0. The molecule has 1 aromatic heterocycles. The van der Waals surface area contributed by atoms with E-state index in [9.17, 15) is 0 Å². The average molecular weight is 843 g/mol. The lowest BCUT2D eigenvalue weighted by atomic mass is 9.62. The Balaban J connectivity index is 1.10. The van der Waals surface area contributed by atoms with E-state index in [0.717, 1.165) is 17.1 Å². The molecule has 0 bridgehead atoms. The van der Waals surface area contributed by atoms with Crippen molar-refractivity contribution in [3.05, 3.63) is 276 Å². The molecule has 2 nitrogen and oxygen atoms in total. The van der Waals surface area contributed by atoms with Gasteiger partial charge < -0.3 is 9.47 Å². The van der Waals surface area contributed by atoms with Gasteiger partial charge in [0.2, 0.25) is 0 Å². The number of para-hydroxylation sites is 2. The lowest BCUT2D eigenvalue weighted by Crippen LogP contribution is -2.37. The van der Waals surface area contributed by atoms with Gasteiger partial charge in [-0.1, -0.05) is 184 Å². The van der Waals surface area contributed by atoms with Crippen LogP contribution >= 0.6 is 0 Å². The van der Waals surface area contributed by atoms with Crippen molar-refractivity contribution >= 4 is 38.9 Å². The summed E-state index contributed by atoms with van der Waals surface area (Å²) >= 11 is 0. The SMILES string of the molecule is CC1(C)c2ccccc2-c2cc3c4cc(-c5ccc6c(c5)C(c5ccccc5)(c5ccccc5)c5cc(-c7ccccc7)ccc5N6c5ccccc5)ccc4n(-c4ccccc4)c3cc21. The van der Waals surface area contributed by atoms with Crippen LogP contribution in [0.2, 0.25) is 0 Å². The molecule has 0 N–H and O–H groups in total. The largest absolute Gasteiger partial charge is 0.310 e. The van der Waals surface area contributed by atoms with Crippen LogP contribution in [0.3, 0.4) is 0 Å². The topological polar surface area (TPSA) is 8.17 Å². The maximum absolute atomic E-state index is 2.50. The molecule has 13 rings (SSSR count). The van der Waals surface area contributed by atoms with Crippen LogP contribution in [0, 0.1) is 0 Å². The first-order chi connectivity index (χ1) is 32.5. The van der Waals surface area contributed by atoms with Gasteiger partial charge in [-0.25, -0.2) is 0 Å². The number of aromatic nitrogens is 1. The quantitative estimate of drug-likeness (QED) is 0.162. The van der Waals surface area contributed by atoms with Crippen LogP contribution in [0.15, 0.2) is 243 Å². The standard InChI is InChI=1S/C64H46N2/c1-63(2)55-31-19-18-30-51(55)52-41-54-53-38-44(32-35-59(53)65(62(54)42-56(52)63)49-26-14-6-15-27-49)46-34-37-61-58(40-46)64(47-22-10-4-11-23-47,48-24-12-5-13-25-48)57-39-45(43-20-8-3-9-21-43)33-36-60(57)66(61)50-28-16-7-17-29-50/h3-42H,1-2H3. The van der Waals surface area contributed by atoms with Crippen molar-refractivity contribution in [1.29, 1.82) is 0 Å². The minimum absolute atomic E-state index is 0.107. The van der Waals surface area contributed by atoms with Crippen LogP contribution in [-0.4, -0.2) is 4.57 Å². The van der Waals surface area contributed by atoms with Crippen LogP contribution in [0.1, 0.15) is 47.2 Å². The summed E-state index contributed by atoms with van der Waals surface area (Å²) in [6, 6.07) is 90.2. The summed E-state index contributed by atoms with van der Waals surface area (Å²) in [5.74, 6) is 0. The molecular formula is C64H46N2. The second kappa shape index (κ2) is 14.7. The van der Waals surface area contributed by atoms with Crippen LogP contribution in [-0.2, 0) is 10.8 Å². The molecule has 312 valence electrons. The number of hydrogen-bond donors (Lipinski definition) is 0. The third-order valence-electron chi connectivity index (χ3n) is 14.6. The first-order valence-electron chi connectivity index (χ1n) is 23.1. The normalized spacial score (nSPS) is 14.1. The van der Waals surface area contributed by atoms with E-state index in [2.05, 4.69) is 266 Å². The molecule has 10 aromatic carbocycles. The Morgan fingerprint density at radius 3 is 1.42 bits per heavy atom. The Morgan fingerprint density at radius 1 is 0.318 bits per heavy atom. The van der Waals surface area contributed by atoms with E-state index >= 15 is 0 Å². The molecule has 2 heterocycles. The molecular weight excluding hydrogens is 797 g/mol. The smallest absolute Gasteiger partial charge is 0.0742 e. The maximum Gasteiger partial charge on any atom is 0.0742 e. The fraction of sp³-hybridized carbons (Fsp3) is 0.0625. The van der Waals surface area contributed by atoms with Gasteiger partial charge in [-0.3, -0.25) is 0 Å². The van der Waals surface area contributed by atoms with Crippen LogP contribution in [0.25, 0.3) is 60.9 Å². The summed E-state index contributed by atoms with van der Waals surface area (Å²) in [6.45, 7) is 4.75. The zero-order chi connectivity index (χ0) is 44.0. The van der Waals surface area contributed by atoms with Crippen LogP contribution in [0.5, 0.6) is 0 Å². The molecule has 0 unspecified atom stereocenters.